The third-order valence-corrected chi connectivity index (χ3v) is 10.7. The van der Waals surface area contributed by atoms with Crippen molar-refractivity contribution in [2.75, 3.05) is 19.7 Å². The van der Waals surface area contributed by atoms with Crippen LogP contribution in [0, 0.1) is 26.0 Å². The number of nitrogens with two attached hydrogens (primary N) is 1. The number of nitrogens with zero attached hydrogens (tertiary/aromatic N) is 3. The van der Waals surface area contributed by atoms with E-state index in [9.17, 15) is 59.1 Å². The Kier molecular flexibility index (Phi) is 18.7. The number of carbonyl (C=O) groups excluding carboxylic acids is 5. The lowest BCUT2D eigenvalue weighted by Gasteiger charge is -2.38. The summed E-state index contributed by atoms with van der Waals surface area (Å²) in [7, 11) is 0.753. The number of hydrazine groups is 1. The fourth-order valence-corrected chi connectivity index (χ4v) is 6.29. The first kappa shape index (κ1) is 55.0. The van der Waals surface area contributed by atoms with Crippen molar-refractivity contribution in [3.63, 3.8) is 0 Å². The van der Waals surface area contributed by atoms with Crippen molar-refractivity contribution in [1.82, 2.24) is 30.8 Å². The minimum Gasteiger partial charge on any atom is -0.453 e. The van der Waals surface area contributed by atoms with Crippen molar-refractivity contribution in [2.24, 2.45) is 16.6 Å². The van der Waals surface area contributed by atoms with Gasteiger partial charge in [-0.15, -0.1) is 0 Å². The second-order valence-corrected chi connectivity index (χ2v) is 16.6. The smallest absolute Gasteiger partial charge is 0.453 e. The Labute approximate surface area is 387 Å². The van der Waals surface area contributed by atoms with E-state index in [1.54, 1.807) is 5.32 Å². The molecule has 366 valence electrons. The molecule has 0 saturated heterocycles. The van der Waals surface area contributed by atoms with Gasteiger partial charge in [0.2, 0.25) is 0 Å². The number of amides is 4. The Morgan fingerprint density at radius 2 is 1.45 bits per heavy atom. The standard InChI is InChI=1S/C38H41ClF10IN7O9/c1-35(2,37(44,45)46)27(53-33(61)63-5)29(58)55-56(15-21-22(40)13-19(14-23(21)41)24-10-11-57(54-24)31(42)43)16-26(65-34(62)64-17-39)25(12-18-6-8-20(50)9-7-18)52-30(59)28(66-32(51)60)36(3,4)38(47,48)49/h6-11,13-14,25-28,31H,12,15-17H2,1-5H3,(H2,51,60)(H,52,59)(H,53,61)(H,55,58). The summed E-state index contributed by atoms with van der Waals surface area (Å²) in [5.74, 6) is -6.41. The number of hydrogen-bond acceptors (Lipinski definition) is 11. The van der Waals surface area contributed by atoms with E-state index in [1.807, 2.05) is 28.0 Å². The summed E-state index contributed by atoms with van der Waals surface area (Å²) >= 11 is 7.46. The third kappa shape index (κ3) is 14.3. The third-order valence-electron chi connectivity index (χ3n) is 9.85. The van der Waals surface area contributed by atoms with Gasteiger partial charge in [-0.25, -0.2) is 32.9 Å². The van der Waals surface area contributed by atoms with Crippen molar-refractivity contribution < 1.29 is 86.8 Å². The van der Waals surface area contributed by atoms with Crippen LogP contribution >= 0.6 is 34.2 Å². The number of methoxy groups -OCH3 is 1. The minimum absolute atomic E-state index is 0.171. The molecule has 0 radical (unpaired) electrons. The first-order valence-electron chi connectivity index (χ1n) is 18.7. The zero-order valence-corrected chi connectivity index (χ0v) is 37.9. The summed E-state index contributed by atoms with van der Waals surface area (Å²) in [6, 6.07) is 2.84. The highest BCUT2D eigenvalue weighted by atomic mass is 127. The Morgan fingerprint density at radius 1 is 0.879 bits per heavy atom. The molecule has 4 unspecified atom stereocenters. The van der Waals surface area contributed by atoms with Gasteiger partial charge < -0.3 is 35.3 Å². The molecule has 16 nitrogen and oxygen atoms in total. The molecule has 4 amide bonds. The Balaban J connectivity index is 2.31. The molecule has 0 aliphatic carbocycles. The van der Waals surface area contributed by atoms with Crippen LogP contribution in [0.25, 0.3) is 11.3 Å². The lowest BCUT2D eigenvalue weighted by atomic mass is 9.83. The van der Waals surface area contributed by atoms with Gasteiger partial charge in [0.1, 0.15) is 29.2 Å². The van der Waals surface area contributed by atoms with Crippen LogP contribution in [-0.2, 0) is 41.5 Å². The number of rotatable bonds is 19. The number of hydrogen-bond donors (Lipinski definition) is 4. The van der Waals surface area contributed by atoms with Crippen molar-refractivity contribution in [3.05, 3.63) is 75.0 Å². The fraction of sp³-hybridized carbons (Fsp3) is 0.474. The first-order valence-corrected chi connectivity index (χ1v) is 20.3. The number of alkyl halides is 9. The maximum Gasteiger partial charge on any atom is 0.509 e. The van der Waals surface area contributed by atoms with Gasteiger partial charge in [-0.3, -0.25) is 15.0 Å². The molecule has 3 aromatic rings. The molecule has 0 aliphatic heterocycles. The van der Waals surface area contributed by atoms with E-state index >= 15 is 8.78 Å². The number of aromatic nitrogens is 2. The molecule has 5 N–H and O–H groups in total. The predicted molar refractivity (Wildman–Crippen MR) is 218 cm³/mol. The summed E-state index contributed by atoms with van der Waals surface area (Å²) < 4.78 is 165. The zero-order valence-electron chi connectivity index (χ0n) is 35.0. The summed E-state index contributed by atoms with van der Waals surface area (Å²) in [5.41, 5.74) is -0.810. The topological polar surface area (TPSA) is 205 Å². The molecular formula is C38H41ClF10IN7O9. The van der Waals surface area contributed by atoms with Crippen LogP contribution in [0.15, 0.2) is 48.7 Å². The maximum atomic E-state index is 16.0. The number of carbonyl (C=O) groups is 5. The summed E-state index contributed by atoms with van der Waals surface area (Å²) in [4.78, 5) is 64.9. The van der Waals surface area contributed by atoms with Gasteiger partial charge in [0.05, 0.1) is 30.8 Å². The fourth-order valence-electron chi connectivity index (χ4n) is 5.85. The van der Waals surface area contributed by atoms with E-state index in [0.29, 0.717) is 48.4 Å². The molecular weight excluding hydrogens is 1050 g/mol. The van der Waals surface area contributed by atoms with Crippen molar-refractivity contribution in [3.8, 4) is 11.3 Å². The van der Waals surface area contributed by atoms with Gasteiger partial charge in [-0.05, 0) is 92.6 Å². The summed E-state index contributed by atoms with van der Waals surface area (Å²) in [6.45, 7) is -3.58. The van der Waals surface area contributed by atoms with Gasteiger partial charge in [0, 0.05) is 27.4 Å². The van der Waals surface area contributed by atoms with E-state index in [0.717, 1.165) is 19.4 Å². The van der Waals surface area contributed by atoms with Crippen LogP contribution in [0.2, 0.25) is 0 Å². The molecule has 0 spiro atoms. The molecule has 0 bridgehead atoms. The highest BCUT2D eigenvalue weighted by Crippen LogP contribution is 2.42. The van der Waals surface area contributed by atoms with Gasteiger partial charge in [-0.1, -0.05) is 23.7 Å². The summed E-state index contributed by atoms with van der Waals surface area (Å²) in [6.07, 6.45) is -20.2. The molecule has 66 heavy (non-hydrogen) atoms. The first-order chi connectivity index (χ1) is 30.4. The van der Waals surface area contributed by atoms with Crippen LogP contribution in [0.4, 0.5) is 58.3 Å². The number of alkyl carbamates (subject to hydrolysis) is 1. The molecule has 0 saturated carbocycles. The lowest BCUT2D eigenvalue weighted by Crippen LogP contribution is -2.63. The minimum atomic E-state index is -5.26. The monoisotopic (exact) mass is 1090 g/mol. The average molecular weight is 1090 g/mol. The number of nitrogens with one attached hydrogen (secondary N) is 3. The molecule has 28 heteroatoms. The van der Waals surface area contributed by atoms with Crippen LogP contribution in [0.5, 0.6) is 0 Å². The highest BCUT2D eigenvalue weighted by molar-refractivity contribution is 14.1. The van der Waals surface area contributed by atoms with Crippen LogP contribution < -0.4 is 21.8 Å². The van der Waals surface area contributed by atoms with E-state index in [1.165, 1.54) is 24.3 Å². The van der Waals surface area contributed by atoms with Gasteiger partial charge in [-0.2, -0.15) is 40.2 Å². The van der Waals surface area contributed by atoms with Crippen LogP contribution in [0.3, 0.4) is 0 Å². The molecule has 2 aromatic carbocycles. The zero-order chi connectivity index (χ0) is 50.1. The maximum absolute atomic E-state index is 16.0. The number of halogens is 12. The molecule has 0 aliphatic rings. The van der Waals surface area contributed by atoms with E-state index in [4.69, 9.17) is 22.1 Å². The Hall–Kier alpha value is -5.32. The predicted octanol–water partition coefficient (Wildman–Crippen LogP) is 7.47. The number of benzene rings is 2. The second-order valence-electron chi connectivity index (χ2n) is 15.2. The quantitative estimate of drug-likeness (QED) is 0.0231. The molecule has 3 rings (SSSR count). The van der Waals surface area contributed by atoms with Crippen LogP contribution in [-0.4, -0.2) is 101 Å². The van der Waals surface area contributed by atoms with Crippen molar-refractivity contribution >= 4 is 64.3 Å². The second kappa shape index (κ2) is 22.4. The van der Waals surface area contributed by atoms with Crippen molar-refractivity contribution in [1.29, 1.82) is 0 Å². The number of ether oxygens (including phenoxy) is 4. The van der Waals surface area contributed by atoms with Crippen molar-refractivity contribution in [2.45, 2.75) is 83.9 Å². The summed E-state index contributed by atoms with van der Waals surface area (Å²) in [5, 5.41) is 7.90. The SMILES string of the molecule is COC(=O)NC(C(=O)NN(Cc1c(F)cc(-c2ccn(C(F)F)n2)cc1F)CC(OC(=O)OCCl)C(Cc1ccc(I)cc1)NC(=O)C(OC(N)=O)C(C)(C)C(F)(F)F)C(C)(C)C(F)(F)F. The Bertz CT molecular complexity index is 2180. The number of primary amides is 1. The van der Waals surface area contributed by atoms with Gasteiger partial charge >= 0.3 is 37.2 Å². The highest BCUT2D eigenvalue weighted by Gasteiger charge is 2.58. The molecule has 4 atom stereocenters. The van der Waals surface area contributed by atoms with E-state index in [2.05, 4.69) is 24.6 Å². The van der Waals surface area contributed by atoms with Crippen LogP contribution in [0.1, 0.15) is 45.4 Å². The largest absolute Gasteiger partial charge is 0.509 e. The van der Waals surface area contributed by atoms with Gasteiger partial charge in [0.15, 0.2) is 12.2 Å². The molecule has 0 fully saturated rings. The van der Waals surface area contributed by atoms with E-state index in [-0.39, 0.29) is 15.9 Å². The molecule has 1 aromatic heterocycles. The Morgan fingerprint density at radius 3 is 1.94 bits per heavy atom. The molecule has 1 heterocycles. The lowest BCUT2D eigenvalue weighted by molar-refractivity contribution is -0.238. The normalized spacial score (nSPS) is 14.2. The van der Waals surface area contributed by atoms with E-state index < -0.39 is 133 Å². The average Bonchev–Trinajstić information content (AvgIpc) is 3.70. The van der Waals surface area contributed by atoms with Gasteiger partial charge in [0.25, 0.3) is 11.8 Å².